The predicted molar refractivity (Wildman–Crippen MR) is 246 cm³/mol. The van der Waals surface area contributed by atoms with Crippen LogP contribution < -0.4 is 5.32 Å². The first-order valence-electron chi connectivity index (χ1n) is 25.8. The van der Waals surface area contributed by atoms with Crippen molar-refractivity contribution in [2.75, 3.05) is 13.2 Å². The first kappa shape index (κ1) is 55.9. The Bertz CT molecular complexity index is 806. The van der Waals surface area contributed by atoms with Gasteiger partial charge in [-0.2, -0.15) is 0 Å². The summed E-state index contributed by atoms with van der Waals surface area (Å²) in [5, 5.41) is 23.2. The lowest BCUT2D eigenvalue weighted by molar-refractivity contribution is -0.143. The first-order chi connectivity index (χ1) is 28.0. The molecule has 3 N–H and O–H groups in total. The summed E-state index contributed by atoms with van der Waals surface area (Å²) in [7, 11) is 0. The van der Waals surface area contributed by atoms with Gasteiger partial charge in [0.25, 0.3) is 0 Å². The van der Waals surface area contributed by atoms with Gasteiger partial charge in [-0.15, -0.1) is 0 Å². The van der Waals surface area contributed by atoms with Crippen LogP contribution in [0.1, 0.15) is 290 Å². The van der Waals surface area contributed by atoms with Gasteiger partial charge in [0.15, 0.2) is 0 Å². The van der Waals surface area contributed by atoms with Crippen LogP contribution in [0.3, 0.4) is 0 Å². The topological polar surface area (TPSA) is 95.9 Å². The van der Waals surface area contributed by atoms with E-state index in [1.165, 1.54) is 199 Å². The third-order valence-electron chi connectivity index (χ3n) is 12.2. The number of unbranched alkanes of at least 4 members (excludes halogenated alkanes) is 37. The number of hydrogen-bond donors (Lipinski definition) is 3. The molecular weight excluding hydrogens is 707 g/mol. The highest BCUT2D eigenvalue weighted by Gasteiger charge is 2.20. The maximum absolute atomic E-state index is 12.5. The van der Waals surface area contributed by atoms with Gasteiger partial charge in [0, 0.05) is 12.8 Å². The highest BCUT2D eigenvalue weighted by molar-refractivity contribution is 5.76. The quantitative estimate of drug-likeness (QED) is 0.0420. The monoisotopic (exact) mass is 808 g/mol. The van der Waals surface area contributed by atoms with Crippen LogP contribution >= 0.6 is 0 Å². The van der Waals surface area contributed by atoms with E-state index in [0.29, 0.717) is 25.9 Å². The third-order valence-corrected chi connectivity index (χ3v) is 12.2. The van der Waals surface area contributed by atoms with Gasteiger partial charge in [-0.3, -0.25) is 9.59 Å². The summed E-state index contributed by atoms with van der Waals surface area (Å²) in [5.41, 5.74) is 0. The van der Waals surface area contributed by atoms with Crippen molar-refractivity contribution in [3.8, 4) is 0 Å². The van der Waals surface area contributed by atoms with Gasteiger partial charge in [-0.05, 0) is 25.7 Å². The molecule has 0 bridgehead atoms. The maximum atomic E-state index is 12.5. The van der Waals surface area contributed by atoms with E-state index in [2.05, 4.69) is 19.2 Å². The van der Waals surface area contributed by atoms with Crippen molar-refractivity contribution >= 4 is 11.9 Å². The SMILES string of the molecule is CCCCCCCCCCCCCCCCCCCCCC(O)C(CO)NC(=O)CCCCCCCCCCCOC(=O)CCCCCCCCCCCCCC. The van der Waals surface area contributed by atoms with Crippen LogP contribution in [0.15, 0.2) is 0 Å². The second-order valence-electron chi connectivity index (χ2n) is 17.9. The number of carbonyl (C=O) groups excluding carboxylic acids is 2. The minimum absolute atomic E-state index is 0.0233. The summed E-state index contributed by atoms with van der Waals surface area (Å²) in [6, 6.07) is -0.559. The van der Waals surface area contributed by atoms with Crippen molar-refractivity contribution in [1.29, 1.82) is 0 Å². The fourth-order valence-corrected chi connectivity index (χ4v) is 8.17. The Labute approximate surface area is 356 Å². The minimum atomic E-state index is -0.680. The maximum Gasteiger partial charge on any atom is 0.305 e. The summed E-state index contributed by atoms with van der Waals surface area (Å²) in [5.74, 6) is -0.0825. The lowest BCUT2D eigenvalue weighted by Gasteiger charge is -2.22. The van der Waals surface area contributed by atoms with Gasteiger partial charge in [-0.1, -0.05) is 251 Å². The van der Waals surface area contributed by atoms with Crippen LogP contribution in [0.5, 0.6) is 0 Å². The molecule has 57 heavy (non-hydrogen) atoms. The van der Waals surface area contributed by atoms with Crippen molar-refractivity contribution in [3.05, 3.63) is 0 Å². The second-order valence-corrected chi connectivity index (χ2v) is 17.9. The highest BCUT2D eigenvalue weighted by atomic mass is 16.5. The Morgan fingerprint density at radius 1 is 0.421 bits per heavy atom. The number of nitrogens with one attached hydrogen (secondary N) is 1. The van der Waals surface area contributed by atoms with Crippen molar-refractivity contribution in [3.63, 3.8) is 0 Å². The van der Waals surface area contributed by atoms with E-state index >= 15 is 0 Å². The fourth-order valence-electron chi connectivity index (χ4n) is 8.17. The Kier molecular flexibility index (Phi) is 46.6. The zero-order valence-electron chi connectivity index (χ0n) is 38.6. The lowest BCUT2D eigenvalue weighted by atomic mass is 10.0. The molecule has 6 nitrogen and oxygen atoms in total. The number of amides is 1. The Morgan fingerprint density at radius 3 is 1.07 bits per heavy atom. The zero-order chi connectivity index (χ0) is 41.5. The van der Waals surface area contributed by atoms with Crippen LogP contribution in [0, 0.1) is 0 Å². The average Bonchev–Trinajstić information content (AvgIpc) is 3.21. The first-order valence-corrected chi connectivity index (χ1v) is 25.8. The van der Waals surface area contributed by atoms with Gasteiger partial charge in [-0.25, -0.2) is 0 Å². The van der Waals surface area contributed by atoms with Gasteiger partial charge < -0.3 is 20.3 Å². The van der Waals surface area contributed by atoms with Crippen molar-refractivity contribution in [2.24, 2.45) is 0 Å². The van der Waals surface area contributed by atoms with Crippen molar-refractivity contribution in [1.82, 2.24) is 5.32 Å². The van der Waals surface area contributed by atoms with Crippen LogP contribution in [0.25, 0.3) is 0 Å². The van der Waals surface area contributed by atoms with Crippen LogP contribution in [0.4, 0.5) is 0 Å². The van der Waals surface area contributed by atoms with Gasteiger partial charge in [0.05, 0.1) is 25.4 Å². The molecule has 340 valence electrons. The highest BCUT2D eigenvalue weighted by Crippen LogP contribution is 2.17. The number of aliphatic hydroxyl groups is 2. The van der Waals surface area contributed by atoms with Gasteiger partial charge in [0.1, 0.15) is 0 Å². The largest absolute Gasteiger partial charge is 0.466 e. The molecule has 2 atom stereocenters. The standard InChI is InChI=1S/C51H101NO5/c1-3-5-7-9-11-13-15-17-18-19-20-21-22-23-24-27-31-35-39-43-49(54)48(47-53)52-50(55)44-40-36-32-28-26-30-34-38-42-46-57-51(56)45-41-37-33-29-25-16-14-12-10-8-6-4-2/h48-49,53-54H,3-47H2,1-2H3,(H,52,55). The molecule has 6 heteroatoms. The molecule has 0 heterocycles. The third kappa shape index (κ3) is 44.2. The van der Waals surface area contributed by atoms with Crippen LogP contribution in [-0.4, -0.2) is 47.4 Å². The second kappa shape index (κ2) is 47.5. The molecule has 1 amide bonds. The molecule has 0 rings (SSSR count). The van der Waals surface area contributed by atoms with E-state index in [1.807, 2.05) is 0 Å². The molecule has 0 saturated carbocycles. The number of aliphatic hydroxyl groups excluding tert-OH is 2. The van der Waals surface area contributed by atoms with E-state index in [4.69, 9.17) is 4.74 Å². The van der Waals surface area contributed by atoms with E-state index < -0.39 is 12.1 Å². The molecule has 0 saturated heterocycles. The lowest BCUT2D eigenvalue weighted by Crippen LogP contribution is -2.45. The fraction of sp³-hybridized carbons (Fsp3) is 0.961. The number of ether oxygens (including phenoxy) is 1. The molecule has 0 aliphatic heterocycles. The molecule has 0 aliphatic rings. The van der Waals surface area contributed by atoms with Crippen molar-refractivity contribution in [2.45, 2.75) is 302 Å². The predicted octanol–water partition coefficient (Wildman–Crippen LogP) is 15.2. The molecule has 0 spiro atoms. The normalized spacial score (nSPS) is 12.6. The van der Waals surface area contributed by atoms with E-state index in [1.54, 1.807) is 0 Å². The molecule has 0 radical (unpaired) electrons. The molecule has 0 aromatic rings. The van der Waals surface area contributed by atoms with E-state index in [-0.39, 0.29) is 18.5 Å². The molecule has 0 aliphatic carbocycles. The zero-order valence-corrected chi connectivity index (χ0v) is 38.6. The van der Waals surface area contributed by atoms with E-state index in [0.717, 1.165) is 57.8 Å². The van der Waals surface area contributed by atoms with Gasteiger partial charge >= 0.3 is 5.97 Å². The van der Waals surface area contributed by atoms with E-state index in [9.17, 15) is 19.8 Å². The number of hydrogen-bond acceptors (Lipinski definition) is 5. The minimum Gasteiger partial charge on any atom is -0.466 e. The Morgan fingerprint density at radius 2 is 0.719 bits per heavy atom. The van der Waals surface area contributed by atoms with Gasteiger partial charge in [0.2, 0.25) is 5.91 Å². The van der Waals surface area contributed by atoms with Crippen LogP contribution in [-0.2, 0) is 14.3 Å². The molecule has 0 aromatic heterocycles. The Balaban J connectivity index is 3.48. The Hall–Kier alpha value is -1.14. The summed E-state index contributed by atoms with van der Waals surface area (Å²) in [6.07, 6.45) is 52.1. The number of esters is 1. The number of carbonyl (C=O) groups is 2. The molecule has 2 unspecified atom stereocenters. The molecule has 0 fully saturated rings. The summed E-state index contributed by atoms with van der Waals surface area (Å²) >= 11 is 0. The number of rotatable bonds is 48. The molecule has 0 aromatic carbocycles. The van der Waals surface area contributed by atoms with Crippen LogP contribution in [0.2, 0.25) is 0 Å². The molecular formula is C51H101NO5. The smallest absolute Gasteiger partial charge is 0.305 e. The van der Waals surface area contributed by atoms with Crippen molar-refractivity contribution < 1.29 is 24.5 Å². The average molecular weight is 808 g/mol. The summed E-state index contributed by atoms with van der Waals surface area (Å²) in [4.78, 5) is 24.5. The summed E-state index contributed by atoms with van der Waals surface area (Å²) in [6.45, 7) is 4.90. The summed E-state index contributed by atoms with van der Waals surface area (Å²) < 4.78 is 5.44.